The maximum absolute atomic E-state index is 9.45. The molecule has 1 unspecified atom stereocenters. The van der Waals surface area contributed by atoms with Gasteiger partial charge in [-0.1, -0.05) is 6.92 Å². The number of nitrogens with one attached hydrogen (secondary N) is 4. The molecular weight excluding hydrogens is 312 g/mol. The number of aliphatic hydroxyl groups excluding tert-OH is 2. The van der Waals surface area contributed by atoms with Crippen molar-refractivity contribution in [1.82, 2.24) is 19.9 Å². The lowest BCUT2D eigenvalue weighted by molar-refractivity contribution is 0.105. The van der Waals surface area contributed by atoms with Crippen molar-refractivity contribution >= 4 is 34.6 Å². The lowest BCUT2D eigenvalue weighted by Crippen LogP contribution is -2.24. The molecule has 0 aliphatic heterocycles. The van der Waals surface area contributed by atoms with Gasteiger partial charge in [-0.15, -0.1) is 0 Å². The quantitative estimate of drug-likeness (QED) is 0.373. The molecule has 132 valence electrons. The van der Waals surface area contributed by atoms with E-state index in [1.165, 1.54) is 0 Å². The first-order chi connectivity index (χ1) is 11.6. The van der Waals surface area contributed by atoms with E-state index in [-0.39, 0.29) is 13.2 Å². The fourth-order valence-corrected chi connectivity index (χ4v) is 2.03. The van der Waals surface area contributed by atoms with Crippen molar-refractivity contribution in [3.63, 3.8) is 0 Å². The zero-order valence-electron chi connectivity index (χ0n) is 14.1. The summed E-state index contributed by atoms with van der Waals surface area (Å²) in [5.41, 5.74) is 1.14. The van der Waals surface area contributed by atoms with E-state index in [1.54, 1.807) is 14.1 Å². The summed E-state index contributed by atoms with van der Waals surface area (Å²) in [4.78, 5) is 17.7. The summed E-state index contributed by atoms with van der Waals surface area (Å²) in [6, 6.07) is 0. The third-order valence-electron chi connectivity index (χ3n) is 3.26. The first-order valence-electron chi connectivity index (χ1n) is 7.84. The van der Waals surface area contributed by atoms with Crippen molar-refractivity contribution in [2.24, 2.45) is 0 Å². The molecule has 10 heteroatoms. The van der Waals surface area contributed by atoms with E-state index in [0.717, 1.165) is 13.0 Å². The van der Waals surface area contributed by atoms with Crippen LogP contribution in [0.5, 0.6) is 0 Å². The molecule has 0 saturated heterocycles. The van der Waals surface area contributed by atoms with E-state index in [1.807, 2.05) is 0 Å². The summed E-state index contributed by atoms with van der Waals surface area (Å²) in [7, 11) is 3.50. The Morgan fingerprint density at radius 2 is 1.46 bits per heavy atom. The second kappa shape index (κ2) is 8.41. The molecule has 0 saturated carbocycles. The Kier molecular flexibility index (Phi) is 6.27. The first-order valence-corrected chi connectivity index (χ1v) is 7.84. The van der Waals surface area contributed by atoms with Crippen LogP contribution in [0.2, 0.25) is 0 Å². The van der Waals surface area contributed by atoms with Crippen LogP contribution in [-0.2, 0) is 0 Å². The molecule has 2 aromatic heterocycles. The Morgan fingerprint density at radius 1 is 0.917 bits per heavy atom. The smallest absolute Gasteiger partial charge is 0.225 e. The second-order valence-corrected chi connectivity index (χ2v) is 5.13. The van der Waals surface area contributed by atoms with Gasteiger partial charge in [0.2, 0.25) is 11.9 Å². The molecule has 1 atom stereocenters. The van der Waals surface area contributed by atoms with E-state index in [9.17, 15) is 5.11 Å². The number of aromatic nitrogens is 4. The molecule has 10 nitrogen and oxygen atoms in total. The minimum Gasteiger partial charge on any atom is -0.394 e. The normalized spacial score (nSPS) is 12.0. The van der Waals surface area contributed by atoms with E-state index in [0.29, 0.717) is 34.6 Å². The monoisotopic (exact) mass is 336 g/mol. The highest BCUT2D eigenvalue weighted by molar-refractivity contribution is 5.94. The molecule has 24 heavy (non-hydrogen) atoms. The van der Waals surface area contributed by atoms with E-state index in [2.05, 4.69) is 48.1 Å². The van der Waals surface area contributed by atoms with Crippen LogP contribution in [0.4, 0.5) is 23.5 Å². The topological polar surface area (TPSA) is 140 Å². The van der Waals surface area contributed by atoms with Crippen LogP contribution < -0.4 is 21.3 Å². The Bertz CT molecular complexity index is 681. The minimum atomic E-state index is -0.886. The van der Waals surface area contributed by atoms with Gasteiger partial charge in [-0.05, 0) is 6.42 Å². The molecule has 2 heterocycles. The summed E-state index contributed by atoms with van der Waals surface area (Å²) >= 11 is 0. The van der Waals surface area contributed by atoms with Crippen molar-refractivity contribution in [2.75, 3.05) is 55.1 Å². The zero-order chi connectivity index (χ0) is 17.5. The van der Waals surface area contributed by atoms with Crippen molar-refractivity contribution in [1.29, 1.82) is 0 Å². The van der Waals surface area contributed by atoms with Gasteiger partial charge in [-0.2, -0.15) is 9.97 Å². The van der Waals surface area contributed by atoms with Crippen LogP contribution >= 0.6 is 0 Å². The summed E-state index contributed by atoms with van der Waals surface area (Å²) in [5, 5.41) is 30.4. The van der Waals surface area contributed by atoms with Crippen LogP contribution in [-0.4, -0.2) is 70.0 Å². The van der Waals surface area contributed by atoms with E-state index < -0.39 is 6.10 Å². The SMILES string of the molecule is CCCNc1nc(NC)c2nc(NCC(O)CO)nc(NC)c2n1. The molecule has 0 spiro atoms. The summed E-state index contributed by atoms with van der Waals surface area (Å²) < 4.78 is 0. The highest BCUT2D eigenvalue weighted by atomic mass is 16.3. The number of hydrogen-bond acceptors (Lipinski definition) is 10. The van der Waals surface area contributed by atoms with Gasteiger partial charge < -0.3 is 31.5 Å². The van der Waals surface area contributed by atoms with Crippen molar-refractivity contribution in [2.45, 2.75) is 19.4 Å². The third kappa shape index (κ3) is 4.09. The number of fused-ring (bicyclic) bond motifs is 1. The zero-order valence-corrected chi connectivity index (χ0v) is 14.1. The van der Waals surface area contributed by atoms with Crippen LogP contribution in [0.1, 0.15) is 13.3 Å². The number of hydrogen-bond donors (Lipinski definition) is 6. The molecule has 0 fully saturated rings. The molecule has 0 bridgehead atoms. The lowest BCUT2D eigenvalue weighted by Gasteiger charge is -2.14. The van der Waals surface area contributed by atoms with Gasteiger partial charge in [-0.3, -0.25) is 0 Å². The van der Waals surface area contributed by atoms with Crippen LogP contribution in [0.3, 0.4) is 0 Å². The second-order valence-electron chi connectivity index (χ2n) is 5.13. The molecule has 0 aliphatic carbocycles. The van der Waals surface area contributed by atoms with Crippen molar-refractivity contribution < 1.29 is 10.2 Å². The summed E-state index contributed by atoms with van der Waals surface area (Å²) in [6.07, 6.45) is 0.0739. The van der Waals surface area contributed by atoms with Gasteiger partial charge in [-0.25, -0.2) is 9.97 Å². The van der Waals surface area contributed by atoms with E-state index in [4.69, 9.17) is 5.11 Å². The molecule has 6 N–H and O–H groups in total. The van der Waals surface area contributed by atoms with Gasteiger partial charge in [0.25, 0.3) is 0 Å². The van der Waals surface area contributed by atoms with E-state index >= 15 is 0 Å². The maximum Gasteiger partial charge on any atom is 0.225 e. The van der Waals surface area contributed by atoms with Gasteiger partial charge in [0.15, 0.2) is 11.6 Å². The molecule has 0 aromatic carbocycles. The standard InChI is InChI=1S/C14H24N8O2/c1-4-5-17-13-19-9-10(11(15-2)21-13)20-14(22-12(9)16-3)18-6-8(24)7-23/h8,23-24H,4-7H2,1-3H3,(H2,15,17,19,21)(H2,16,18,20,22). The molecular formula is C14H24N8O2. The highest BCUT2D eigenvalue weighted by Crippen LogP contribution is 2.26. The Hall–Kier alpha value is -2.46. The Balaban J connectivity index is 2.44. The average Bonchev–Trinajstić information content (AvgIpc) is 2.62. The van der Waals surface area contributed by atoms with Gasteiger partial charge in [0, 0.05) is 27.2 Å². The fourth-order valence-electron chi connectivity index (χ4n) is 2.03. The molecule has 2 aromatic rings. The van der Waals surface area contributed by atoms with Gasteiger partial charge >= 0.3 is 0 Å². The van der Waals surface area contributed by atoms with Crippen LogP contribution in [0.15, 0.2) is 0 Å². The Morgan fingerprint density at radius 3 is 1.92 bits per heavy atom. The third-order valence-corrected chi connectivity index (χ3v) is 3.26. The number of nitrogens with zero attached hydrogens (tertiary/aromatic N) is 4. The van der Waals surface area contributed by atoms with Crippen molar-refractivity contribution in [3.05, 3.63) is 0 Å². The summed E-state index contributed by atoms with van der Waals surface area (Å²) in [5.74, 6) is 1.93. The van der Waals surface area contributed by atoms with Crippen LogP contribution in [0, 0.1) is 0 Å². The average molecular weight is 336 g/mol. The summed E-state index contributed by atoms with van der Waals surface area (Å²) in [6.45, 7) is 2.63. The van der Waals surface area contributed by atoms with Crippen molar-refractivity contribution in [3.8, 4) is 0 Å². The van der Waals surface area contributed by atoms with Gasteiger partial charge in [0.1, 0.15) is 11.0 Å². The Labute approximate surface area is 140 Å². The largest absolute Gasteiger partial charge is 0.394 e. The number of anilines is 4. The molecule has 0 aliphatic rings. The molecule has 0 radical (unpaired) electrons. The predicted octanol–water partition coefficient (Wildman–Crippen LogP) is 0.0902. The predicted molar refractivity (Wildman–Crippen MR) is 94.6 cm³/mol. The minimum absolute atomic E-state index is 0.136. The maximum atomic E-state index is 9.45. The number of aliphatic hydroxyl groups is 2. The molecule has 2 rings (SSSR count). The van der Waals surface area contributed by atoms with Crippen LogP contribution in [0.25, 0.3) is 11.0 Å². The van der Waals surface area contributed by atoms with Gasteiger partial charge in [0.05, 0.1) is 12.7 Å². The fraction of sp³-hybridized carbons (Fsp3) is 0.571. The first kappa shape index (κ1) is 17.9. The lowest BCUT2D eigenvalue weighted by atomic mass is 10.3. The molecule has 0 amide bonds. The number of rotatable bonds is 9. The highest BCUT2D eigenvalue weighted by Gasteiger charge is 2.15.